The first-order valence-electron chi connectivity index (χ1n) is 21.2. The van der Waals surface area contributed by atoms with Crippen LogP contribution in [-0.4, -0.2) is 106 Å². The largest absolute Gasteiger partial charge is 0.476 e. The second-order valence-electron chi connectivity index (χ2n) is 16.4. The third-order valence-electron chi connectivity index (χ3n) is 12.0. The zero-order chi connectivity index (χ0) is 46.1. The number of aryl methyl sites for hydroxylation is 4. The fourth-order valence-electron chi connectivity index (χ4n) is 8.66. The average Bonchev–Trinajstić information content (AvgIpc) is 4.16. The molecule has 4 aromatic heterocycles. The highest BCUT2D eigenvalue weighted by atomic mass is 32.1. The van der Waals surface area contributed by atoms with Gasteiger partial charge in [0.1, 0.15) is 39.7 Å². The van der Waals surface area contributed by atoms with Gasteiger partial charge in [-0.05, 0) is 61.8 Å². The van der Waals surface area contributed by atoms with Crippen LogP contribution in [0.1, 0.15) is 119 Å². The van der Waals surface area contributed by atoms with Gasteiger partial charge in [0.05, 0.1) is 25.1 Å². The summed E-state index contributed by atoms with van der Waals surface area (Å²) in [5, 5.41) is 13.4. The van der Waals surface area contributed by atoms with E-state index in [1.807, 2.05) is 52.2 Å². The number of carbonyl (C=O) groups excluding carboxylic acids is 4. The molecule has 3 aliphatic rings. The summed E-state index contributed by atoms with van der Waals surface area (Å²) in [4.78, 5) is 83.5. The number of carboxylic acid groups (broad SMARTS) is 1. The summed E-state index contributed by atoms with van der Waals surface area (Å²) in [6.07, 6.45) is 4.65. The van der Waals surface area contributed by atoms with Crippen molar-refractivity contribution in [1.82, 2.24) is 38.9 Å². The third-order valence-corrected chi connectivity index (χ3v) is 13.9. The maximum atomic E-state index is 13.6. The van der Waals surface area contributed by atoms with Gasteiger partial charge in [-0.2, -0.15) is 0 Å². The smallest absolute Gasteiger partial charge is 0.357 e. The van der Waals surface area contributed by atoms with Gasteiger partial charge in [0, 0.05) is 62.3 Å². The van der Waals surface area contributed by atoms with Crippen LogP contribution in [0.25, 0.3) is 11.1 Å². The number of esters is 2. The molecule has 0 saturated carbocycles. The van der Waals surface area contributed by atoms with Crippen LogP contribution < -0.4 is 5.73 Å². The molecule has 0 spiro atoms. The van der Waals surface area contributed by atoms with Crippen LogP contribution in [-0.2, 0) is 28.4 Å². The molecular weight excluding hydrogens is 871 g/mol. The first-order chi connectivity index (χ1) is 31.2. The van der Waals surface area contributed by atoms with E-state index in [4.69, 9.17) is 20.3 Å². The molecule has 6 heterocycles. The van der Waals surface area contributed by atoms with Gasteiger partial charge in [-0.15, -0.1) is 22.7 Å². The summed E-state index contributed by atoms with van der Waals surface area (Å²) in [5.74, 6) is -0.979. The number of rotatable bonds is 11. The van der Waals surface area contributed by atoms with Gasteiger partial charge in [-0.1, -0.05) is 48.5 Å². The number of hydrogen-bond donors (Lipinski definition) is 2. The molecule has 17 nitrogen and oxygen atoms in total. The monoisotopic (exact) mass is 919 g/mol. The molecule has 0 bridgehead atoms. The second-order valence-corrected chi connectivity index (χ2v) is 18.2. The number of imidazole rings is 2. The number of amides is 2. The van der Waals surface area contributed by atoms with Crippen LogP contribution in [0.4, 0.5) is 0 Å². The number of ether oxygens (including phenoxy) is 2. The Morgan fingerprint density at radius 2 is 1.25 bits per heavy atom. The number of nitrogens with zero attached hydrogens (tertiary/aromatic N) is 8. The lowest BCUT2D eigenvalue weighted by Crippen LogP contribution is -2.33. The summed E-state index contributed by atoms with van der Waals surface area (Å²) in [6, 6.07) is 15.6. The standard InChI is InChI=1S/C32H32N4O5S.C14H17N5O3S/c1-4-40-32(39)27-18-42-30(34-27)28-13-20(15-36(28)31(38)26-16-35(3)19(2)33-26)14-29(37)41-17-25-23-11-7-5-9-21(23)22-10-6-8-12-24(22)25;1-7-16-9(5-18(7)2)13(20)19-4-8(15)3-11(19)12-17-10(6-23-12)14(21)22/h5-12,16,18,20,25,28H,4,13-15,17H2,1-3H3;5-6,8,11H,3-4,15H2,1-2H3,(H,21,22)/t20-,28-;8-,11+/m01/s1. The zero-order valence-electron chi connectivity index (χ0n) is 36.5. The Balaban J connectivity index is 0.000000211. The highest BCUT2D eigenvalue weighted by Gasteiger charge is 2.41. The Morgan fingerprint density at radius 1 is 0.723 bits per heavy atom. The second kappa shape index (κ2) is 18.9. The topological polar surface area (TPSA) is 218 Å². The molecule has 2 saturated heterocycles. The number of fused-ring (bicyclic) bond motifs is 3. The quantitative estimate of drug-likeness (QED) is 0.140. The van der Waals surface area contributed by atoms with E-state index in [2.05, 4.69) is 44.2 Å². The summed E-state index contributed by atoms with van der Waals surface area (Å²) >= 11 is 2.55. The van der Waals surface area contributed by atoms with E-state index in [1.165, 1.54) is 39.2 Å². The average molecular weight is 920 g/mol. The molecule has 6 aromatic rings. The molecule has 338 valence electrons. The van der Waals surface area contributed by atoms with Gasteiger partial charge in [0.15, 0.2) is 11.4 Å². The van der Waals surface area contributed by atoms with E-state index < -0.39 is 11.9 Å². The number of nitrogens with two attached hydrogens (primary N) is 1. The molecule has 0 radical (unpaired) electrons. The molecule has 65 heavy (non-hydrogen) atoms. The van der Waals surface area contributed by atoms with Gasteiger partial charge in [-0.25, -0.2) is 29.5 Å². The van der Waals surface area contributed by atoms with Gasteiger partial charge in [0.2, 0.25) is 0 Å². The molecule has 2 aliphatic heterocycles. The molecule has 4 atom stereocenters. The molecule has 19 heteroatoms. The fraction of sp³-hybridized carbons (Fsp3) is 0.370. The van der Waals surface area contributed by atoms with Crippen molar-refractivity contribution in [2.45, 2.75) is 64.1 Å². The minimum Gasteiger partial charge on any atom is -0.476 e. The Morgan fingerprint density at radius 3 is 1.77 bits per heavy atom. The van der Waals surface area contributed by atoms with Gasteiger partial charge in [-0.3, -0.25) is 14.4 Å². The predicted molar refractivity (Wildman–Crippen MR) is 241 cm³/mol. The van der Waals surface area contributed by atoms with E-state index in [0.717, 1.165) is 22.8 Å². The number of hydrogen-bond acceptors (Lipinski definition) is 14. The van der Waals surface area contributed by atoms with Crippen molar-refractivity contribution in [2.75, 3.05) is 26.3 Å². The lowest BCUT2D eigenvalue weighted by molar-refractivity contribution is -0.145. The minimum absolute atomic E-state index is 0.00782. The third kappa shape index (κ3) is 9.34. The fourth-order valence-corrected chi connectivity index (χ4v) is 10.5. The van der Waals surface area contributed by atoms with Crippen molar-refractivity contribution >= 4 is 52.4 Å². The Labute approximate surface area is 382 Å². The summed E-state index contributed by atoms with van der Waals surface area (Å²) in [5.41, 5.74) is 11.6. The number of benzene rings is 2. The normalized spacial score (nSPS) is 18.8. The van der Waals surface area contributed by atoms with Crippen LogP contribution >= 0.6 is 22.7 Å². The number of aromatic carboxylic acids is 1. The van der Waals surface area contributed by atoms with Crippen LogP contribution in [0.3, 0.4) is 0 Å². The van der Waals surface area contributed by atoms with Crippen molar-refractivity contribution in [3.63, 3.8) is 0 Å². The number of likely N-dealkylation sites (tertiary alicyclic amines) is 2. The molecule has 3 N–H and O–H groups in total. The van der Waals surface area contributed by atoms with E-state index in [0.29, 0.717) is 47.3 Å². The number of carbonyl (C=O) groups is 5. The Hall–Kier alpha value is -6.57. The Kier molecular flexibility index (Phi) is 13.1. The van der Waals surface area contributed by atoms with E-state index >= 15 is 0 Å². The molecule has 2 aromatic carbocycles. The van der Waals surface area contributed by atoms with Crippen molar-refractivity contribution in [2.24, 2.45) is 25.7 Å². The lowest BCUT2D eigenvalue weighted by Gasteiger charge is -2.22. The van der Waals surface area contributed by atoms with Crippen molar-refractivity contribution in [3.8, 4) is 11.1 Å². The van der Waals surface area contributed by atoms with Crippen LogP contribution in [0.15, 0.2) is 71.7 Å². The van der Waals surface area contributed by atoms with Crippen LogP contribution in [0, 0.1) is 19.8 Å². The minimum atomic E-state index is -1.08. The predicted octanol–water partition coefficient (Wildman–Crippen LogP) is 6.11. The van der Waals surface area contributed by atoms with Gasteiger partial charge >= 0.3 is 17.9 Å². The number of thiazole rings is 2. The maximum Gasteiger partial charge on any atom is 0.357 e. The number of carboxylic acids is 1. The molecule has 0 unspecified atom stereocenters. The van der Waals surface area contributed by atoms with Crippen LogP contribution in [0.2, 0.25) is 0 Å². The van der Waals surface area contributed by atoms with Crippen molar-refractivity contribution in [1.29, 1.82) is 0 Å². The van der Waals surface area contributed by atoms with Crippen molar-refractivity contribution < 1.29 is 38.6 Å². The molecule has 2 fully saturated rings. The molecule has 9 rings (SSSR count). The summed E-state index contributed by atoms with van der Waals surface area (Å²) in [6.45, 7) is 6.67. The van der Waals surface area contributed by atoms with E-state index in [1.54, 1.807) is 43.6 Å². The molecular formula is C46H49N9O8S2. The summed E-state index contributed by atoms with van der Waals surface area (Å²) in [7, 11) is 3.67. The highest BCUT2D eigenvalue weighted by molar-refractivity contribution is 7.10. The lowest BCUT2D eigenvalue weighted by atomic mass is 9.98. The molecule has 1 aliphatic carbocycles. The highest BCUT2D eigenvalue weighted by Crippen LogP contribution is 2.45. The molecule has 2 amide bonds. The van der Waals surface area contributed by atoms with Crippen molar-refractivity contribution in [3.05, 3.63) is 127 Å². The van der Waals surface area contributed by atoms with Gasteiger partial charge < -0.3 is 39.2 Å². The zero-order valence-corrected chi connectivity index (χ0v) is 38.2. The Bertz CT molecular complexity index is 2690. The van der Waals surface area contributed by atoms with E-state index in [9.17, 15) is 24.0 Å². The maximum absolute atomic E-state index is 13.6. The SMILES string of the molecule is CCOC(=O)c1csc([C@@H]2C[C@@H](CC(=O)OCC3c4ccccc4-c4ccccc43)CN2C(=O)c2cn(C)c(C)n2)n1.Cc1nc(C(=O)N2C[C@H](N)C[C@H]2c2nc(C(=O)O)cs2)cn1C. The first-order valence-corrected chi connectivity index (χ1v) is 23.0. The van der Waals surface area contributed by atoms with Gasteiger partial charge in [0.25, 0.3) is 11.8 Å². The summed E-state index contributed by atoms with van der Waals surface area (Å²) < 4.78 is 14.6. The van der Waals surface area contributed by atoms with Crippen LogP contribution in [0.5, 0.6) is 0 Å². The van der Waals surface area contributed by atoms with E-state index in [-0.39, 0.29) is 78.8 Å². The number of aromatic nitrogens is 6. The first kappa shape index (κ1) is 45.0.